The van der Waals surface area contributed by atoms with Crippen molar-refractivity contribution in [1.82, 2.24) is 15.5 Å². The van der Waals surface area contributed by atoms with E-state index in [1.54, 1.807) is 0 Å². The second kappa shape index (κ2) is 15.7. The Balaban J connectivity index is 1.66. The van der Waals surface area contributed by atoms with Crippen molar-refractivity contribution in [3.63, 3.8) is 0 Å². The van der Waals surface area contributed by atoms with E-state index in [4.69, 9.17) is 4.52 Å². The van der Waals surface area contributed by atoms with E-state index in [9.17, 15) is 0 Å². The van der Waals surface area contributed by atoms with Gasteiger partial charge < -0.3 is 9.84 Å². The van der Waals surface area contributed by atoms with Crippen LogP contribution in [0.5, 0.6) is 0 Å². The van der Waals surface area contributed by atoms with Crippen molar-refractivity contribution in [3.8, 4) is 11.4 Å². The summed E-state index contributed by atoms with van der Waals surface area (Å²) in [7, 11) is 0. The van der Waals surface area contributed by atoms with E-state index in [-0.39, 0.29) is 0 Å². The number of benzene rings is 1. The molecule has 1 N–H and O–H groups in total. The largest absolute Gasteiger partial charge is 0.380 e. The molecule has 0 radical (unpaired) electrons. The molecule has 31 heavy (non-hydrogen) atoms. The number of unbranched alkanes of at least 4 members (excludes halogenated alkanes) is 10. The third-order valence-corrected chi connectivity index (χ3v) is 5.82. The Labute approximate surface area is 189 Å². The van der Waals surface area contributed by atoms with Crippen LogP contribution in [0.1, 0.15) is 109 Å². The molecule has 0 unspecified atom stereocenters. The fraction of sp³-hybridized carbons (Fsp3) is 0.630. The summed E-state index contributed by atoms with van der Waals surface area (Å²) in [4.78, 5) is 4.53. The maximum Gasteiger partial charge on any atom is 0.246 e. The fourth-order valence-electron chi connectivity index (χ4n) is 3.78. The van der Waals surface area contributed by atoms with Crippen molar-refractivity contribution in [2.45, 2.75) is 110 Å². The first kappa shape index (κ1) is 25.2. The number of aryl methyl sites for hydroxylation is 1. The number of aromatic nitrogens is 2. The van der Waals surface area contributed by atoms with Gasteiger partial charge in [-0.3, -0.25) is 0 Å². The molecular weight excluding hydrogens is 382 g/mol. The van der Waals surface area contributed by atoms with E-state index < -0.39 is 0 Å². The Morgan fingerprint density at radius 3 is 2.13 bits per heavy atom. The van der Waals surface area contributed by atoms with Crippen LogP contribution < -0.4 is 5.32 Å². The average molecular weight is 426 g/mol. The number of hydrogen-bond acceptors (Lipinski definition) is 4. The molecule has 1 aromatic heterocycles. The lowest BCUT2D eigenvalue weighted by molar-refractivity contribution is 0.372. The molecule has 0 bridgehead atoms. The lowest BCUT2D eigenvalue weighted by atomic mass is 10.0. The van der Waals surface area contributed by atoms with Crippen LogP contribution in [0.15, 0.2) is 41.1 Å². The number of nitrogens with one attached hydrogen (secondary N) is 1. The lowest BCUT2D eigenvalue weighted by Gasteiger charge is -2.06. The van der Waals surface area contributed by atoms with Gasteiger partial charge in [0.1, 0.15) is 0 Å². The highest BCUT2D eigenvalue weighted by molar-refractivity contribution is 5.54. The predicted octanol–water partition coefficient (Wildman–Crippen LogP) is 7.99. The molecule has 2 rings (SSSR count). The summed E-state index contributed by atoms with van der Waals surface area (Å²) in [5.74, 6) is 1.26. The third-order valence-electron chi connectivity index (χ3n) is 5.82. The van der Waals surface area contributed by atoms with Crippen LogP contribution in [0.3, 0.4) is 0 Å². The minimum absolute atomic E-state index is 0.538. The van der Waals surface area contributed by atoms with Crippen molar-refractivity contribution in [2.75, 3.05) is 0 Å². The summed E-state index contributed by atoms with van der Waals surface area (Å²) in [6.45, 7) is 9.13. The molecule has 1 aromatic carbocycles. The van der Waals surface area contributed by atoms with E-state index in [1.807, 2.05) is 0 Å². The maximum absolute atomic E-state index is 5.40. The minimum atomic E-state index is 0.538. The topological polar surface area (TPSA) is 51.0 Å². The highest BCUT2D eigenvalue weighted by Crippen LogP contribution is 2.18. The molecule has 1 heterocycles. The molecule has 0 aliphatic rings. The molecule has 2 aromatic rings. The standard InChI is InChI=1S/C27H43N3O/c1-4-6-8-10-11-12-13-15-17-24-18-20-25(21-19-24)27-29-26(31-30-27)22-28-23(3)16-14-9-7-5-2/h18-21,28H,3-17,22H2,1-2H3. The van der Waals surface area contributed by atoms with Crippen LogP contribution >= 0.6 is 0 Å². The SMILES string of the molecule is C=C(CCCCCC)NCc1nc(-c2ccc(CCCCCCCCCC)cc2)no1. The fourth-order valence-corrected chi connectivity index (χ4v) is 3.78. The first-order chi connectivity index (χ1) is 15.2. The molecule has 0 aliphatic carbocycles. The van der Waals surface area contributed by atoms with Crippen LogP contribution in [0.25, 0.3) is 11.4 Å². The van der Waals surface area contributed by atoms with Crippen LogP contribution in [-0.2, 0) is 13.0 Å². The Morgan fingerprint density at radius 2 is 1.45 bits per heavy atom. The molecular formula is C27H43N3O. The van der Waals surface area contributed by atoms with E-state index >= 15 is 0 Å². The van der Waals surface area contributed by atoms with Crippen molar-refractivity contribution in [3.05, 3.63) is 48.0 Å². The van der Waals surface area contributed by atoms with Crippen molar-refractivity contribution in [2.24, 2.45) is 0 Å². The van der Waals surface area contributed by atoms with Gasteiger partial charge in [-0.15, -0.1) is 0 Å². The summed E-state index contributed by atoms with van der Waals surface area (Å²) in [6, 6.07) is 8.61. The summed E-state index contributed by atoms with van der Waals surface area (Å²) in [5, 5.41) is 7.45. The first-order valence-corrected chi connectivity index (χ1v) is 12.6. The van der Waals surface area contributed by atoms with Gasteiger partial charge in [-0.2, -0.15) is 4.98 Å². The molecule has 4 nitrogen and oxygen atoms in total. The second-order valence-corrected chi connectivity index (χ2v) is 8.70. The molecule has 0 fully saturated rings. The van der Waals surface area contributed by atoms with E-state index in [0.717, 1.165) is 24.1 Å². The minimum Gasteiger partial charge on any atom is -0.380 e. The molecule has 0 atom stereocenters. The van der Waals surface area contributed by atoms with Crippen molar-refractivity contribution >= 4 is 0 Å². The number of rotatable bonds is 18. The smallest absolute Gasteiger partial charge is 0.246 e. The molecule has 0 aliphatic heterocycles. The number of allylic oxidation sites excluding steroid dienone is 1. The van der Waals surface area contributed by atoms with Crippen molar-refractivity contribution < 1.29 is 4.52 Å². The molecule has 0 spiro atoms. The Hall–Kier alpha value is -2.10. The van der Waals surface area contributed by atoms with Gasteiger partial charge in [0.15, 0.2) is 0 Å². The van der Waals surface area contributed by atoms with Crippen LogP contribution in [0.4, 0.5) is 0 Å². The summed E-state index contributed by atoms with van der Waals surface area (Å²) < 4.78 is 5.40. The van der Waals surface area contributed by atoms with Crippen LogP contribution in [0.2, 0.25) is 0 Å². The number of nitrogens with zero attached hydrogens (tertiary/aromatic N) is 2. The zero-order valence-electron chi connectivity index (χ0n) is 19.9. The van der Waals surface area contributed by atoms with Gasteiger partial charge >= 0.3 is 0 Å². The molecule has 0 amide bonds. The zero-order chi connectivity index (χ0) is 22.2. The van der Waals surface area contributed by atoms with Crippen LogP contribution in [-0.4, -0.2) is 10.1 Å². The van der Waals surface area contributed by atoms with E-state index in [2.05, 4.69) is 60.1 Å². The highest BCUT2D eigenvalue weighted by Gasteiger charge is 2.09. The molecule has 0 saturated carbocycles. The van der Waals surface area contributed by atoms with Crippen LogP contribution in [0, 0.1) is 0 Å². The number of hydrogen-bond donors (Lipinski definition) is 1. The van der Waals surface area contributed by atoms with Gasteiger partial charge in [-0.05, 0) is 31.2 Å². The first-order valence-electron chi connectivity index (χ1n) is 12.6. The van der Waals surface area contributed by atoms with E-state index in [0.29, 0.717) is 18.3 Å². The van der Waals surface area contributed by atoms with Gasteiger partial charge in [-0.1, -0.05) is 114 Å². The predicted molar refractivity (Wildman–Crippen MR) is 131 cm³/mol. The maximum atomic E-state index is 5.40. The average Bonchev–Trinajstić information content (AvgIpc) is 3.27. The Morgan fingerprint density at radius 1 is 0.839 bits per heavy atom. The van der Waals surface area contributed by atoms with Gasteiger partial charge in [0.2, 0.25) is 11.7 Å². The second-order valence-electron chi connectivity index (χ2n) is 8.70. The van der Waals surface area contributed by atoms with Crippen molar-refractivity contribution in [1.29, 1.82) is 0 Å². The summed E-state index contributed by atoms with van der Waals surface area (Å²) in [6.07, 6.45) is 18.0. The molecule has 4 heteroatoms. The van der Waals surface area contributed by atoms with Gasteiger partial charge in [0.25, 0.3) is 0 Å². The normalized spacial score (nSPS) is 11.0. The molecule has 172 valence electrons. The van der Waals surface area contributed by atoms with Gasteiger partial charge in [0.05, 0.1) is 6.54 Å². The van der Waals surface area contributed by atoms with Gasteiger partial charge in [0, 0.05) is 11.3 Å². The summed E-state index contributed by atoms with van der Waals surface area (Å²) >= 11 is 0. The third kappa shape index (κ3) is 10.7. The monoisotopic (exact) mass is 425 g/mol. The summed E-state index contributed by atoms with van der Waals surface area (Å²) in [5.41, 5.74) is 3.44. The zero-order valence-corrected chi connectivity index (χ0v) is 19.9. The Kier molecular flexibility index (Phi) is 12.7. The van der Waals surface area contributed by atoms with Gasteiger partial charge in [-0.25, -0.2) is 0 Å². The quantitative estimate of drug-likeness (QED) is 0.246. The lowest BCUT2D eigenvalue weighted by Crippen LogP contribution is -2.12. The Bertz CT molecular complexity index is 720. The highest BCUT2D eigenvalue weighted by atomic mass is 16.5. The van der Waals surface area contributed by atoms with E-state index in [1.165, 1.54) is 82.6 Å². The molecule has 0 saturated heterocycles.